The molecule has 1 aliphatic heterocycles. The predicted octanol–water partition coefficient (Wildman–Crippen LogP) is -1.08. The van der Waals surface area contributed by atoms with E-state index in [0.717, 1.165) is 29.0 Å². The molecule has 1 fully saturated rings. The first-order valence-electron chi connectivity index (χ1n) is 14.7. The summed E-state index contributed by atoms with van der Waals surface area (Å²) in [6.07, 6.45) is -7.04. The Morgan fingerprint density at radius 1 is 1.11 bits per heavy atom. The standard InChI is InChI=1S/C23H35N7O18P4S/c1-23(2,18(34)21(35)26-4-3-13(31)25-5-6-53-14(32)8-49-36)9-45-52(42,43)48-51(40,41)44-7-12-17(47-50(37,38)39)16(33)22(46-12)30-11-29-15-19(24)27-10-28-20(15)30/h10-12,16-18,22,33-34H,3-7,9H2,1-2H3,(H,25,31)(H,26,35)(H,40,41)(H,42,43)(H2,24,27,28)(H2,37,38,39)/t12-,16-,17-,18+,22-/m1/s1. The first kappa shape index (κ1) is 45.0. The molecule has 2 unspecified atom stereocenters. The minimum absolute atomic E-state index is 0.0229. The number of phosphoric ester groups is 3. The number of hydrogen-bond acceptors (Lipinski definition) is 19. The summed E-state index contributed by atoms with van der Waals surface area (Å²) in [7, 11) is -17.0. The van der Waals surface area contributed by atoms with Gasteiger partial charge in [-0.05, 0) is 0 Å². The minimum atomic E-state index is -5.58. The van der Waals surface area contributed by atoms with Crippen LogP contribution < -0.4 is 16.4 Å². The van der Waals surface area contributed by atoms with Crippen molar-refractivity contribution in [3.8, 4) is 5.63 Å². The van der Waals surface area contributed by atoms with Gasteiger partial charge in [0.2, 0.25) is 0 Å². The molecule has 1 aliphatic rings. The van der Waals surface area contributed by atoms with E-state index >= 15 is 0 Å². The zero-order valence-corrected chi connectivity index (χ0v) is 31.8. The Morgan fingerprint density at radius 3 is 2.45 bits per heavy atom. The third-order valence-electron chi connectivity index (χ3n) is 6.87. The second-order valence-corrected chi connectivity index (χ2v) is 17.1. The van der Waals surface area contributed by atoms with Crippen LogP contribution in [0.5, 0.6) is 0 Å². The van der Waals surface area contributed by atoms with Crippen molar-refractivity contribution in [1.82, 2.24) is 30.2 Å². The van der Waals surface area contributed by atoms with Crippen LogP contribution in [0.1, 0.15) is 26.5 Å². The number of aliphatic hydroxyl groups excluding tert-OH is 2. The number of ether oxygens (including phenoxy) is 1. The van der Waals surface area contributed by atoms with Gasteiger partial charge in [0.05, 0.1) is 19.5 Å². The van der Waals surface area contributed by atoms with Crippen LogP contribution >= 0.6 is 43.1 Å². The second-order valence-electron chi connectivity index (χ2n) is 11.4. The molecular weight excluding hydrogens is 818 g/mol. The fourth-order valence-corrected chi connectivity index (χ4v) is 8.01. The van der Waals surface area contributed by atoms with Crippen LogP contribution in [0.25, 0.3) is 11.2 Å². The molecule has 2 aromatic rings. The van der Waals surface area contributed by atoms with Crippen LogP contribution in [0.4, 0.5) is 5.82 Å². The average Bonchev–Trinajstić information content (AvgIpc) is 3.61. The molecule has 3 rings (SSSR count). The van der Waals surface area contributed by atoms with E-state index in [1.54, 1.807) is 0 Å². The third-order valence-corrected chi connectivity index (χ3v) is 11.2. The summed E-state index contributed by atoms with van der Waals surface area (Å²) in [6, 6.07) is 0. The number of thioether (sulfide) groups is 1. The molecule has 25 nitrogen and oxygen atoms in total. The number of anilines is 1. The van der Waals surface area contributed by atoms with Gasteiger partial charge >= 0.3 is 127 Å². The van der Waals surface area contributed by atoms with Crippen molar-refractivity contribution in [3.05, 3.63) is 12.7 Å². The number of carbonyl (C=O) groups is 3. The molecule has 3 heterocycles. The van der Waals surface area contributed by atoms with Crippen LogP contribution in [0.15, 0.2) is 12.7 Å². The Labute approximate surface area is 304 Å². The molecule has 0 aliphatic carbocycles. The topological polar surface area (TPSA) is 381 Å². The van der Waals surface area contributed by atoms with Crippen LogP contribution in [-0.2, 0) is 55.3 Å². The number of hydrogen-bond donors (Lipinski definition) is 9. The van der Waals surface area contributed by atoms with Gasteiger partial charge in [0.25, 0.3) is 0 Å². The summed E-state index contributed by atoms with van der Waals surface area (Å²) in [6.45, 7) is 0.252. The van der Waals surface area contributed by atoms with Gasteiger partial charge < -0.3 is 40.3 Å². The number of nitrogens with two attached hydrogens (primary N) is 1. The first-order chi connectivity index (χ1) is 24.6. The van der Waals surface area contributed by atoms with Gasteiger partial charge in [-0.3, -0.25) is 18.1 Å². The maximum atomic E-state index is 12.6. The fraction of sp³-hybridized carbons (Fsp3) is 0.609. The molecule has 2 amide bonds. The fourth-order valence-electron chi connectivity index (χ4n) is 4.34. The van der Waals surface area contributed by atoms with E-state index in [1.807, 2.05) is 5.63 Å². The number of nitrogen functional groups attached to an aromatic ring is 1. The molecule has 0 spiro atoms. The molecule has 0 radical (unpaired) electrons. The molecule has 0 bridgehead atoms. The van der Waals surface area contributed by atoms with E-state index in [-0.39, 0.29) is 42.2 Å². The number of rotatable bonds is 19. The Morgan fingerprint density at radius 2 is 1.79 bits per heavy atom. The Kier molecular flexibility index (Phi) is 16.1. The summed E-state index contributed by atoms with van der Waals surface area (Å²) in [4.78, 5) is 86.3. The molecule has 30 heteroatoms. The molecule has 53 heavy (non-hydrogen) atoms. The number of aromatic nitrogens is 4. The molecule has 0 saturated carbocycles. The summed E-state index contributed by atoms with van der Waals surface area (Å²) < 4.78 is 72.1. The van der Waals surface area contributed by atoms with Crippen molar-refractivity contribution in [1.29, 1.82) is 0 Å². The average molecular weight is 854 g/mol. The van der Waals surface area contributed by atoms with Crippen molar-refractivity contribution in [2.24, 2.45) is 5.41 Å². The normalized spacial score (nSPS) is 22.0. The number of carbonyl (C=O) groups excluding carboxylic acids is 3. The Balaban J connectivity index is 1.53. The van der Waals surface area contributed by atoms with Crippen molar-refractivity contribution < 1.29 is 85.0 Å². The van der Waals surface area contributed by atoms with E-state index in [0.29, 0.717) is 0 Å². The summed E-state index contributed by atoms with van der Waals surface area (Å²) in [5, 5.41) is 25.5. The SMILES string of the molecule is CC(C)(COP(=O)(O)OP(=O)(O)OC[C@H]1O[C@@H](n2cnc3c(N)ncnc32)[C@H](O)[C@@H]1OP(=O)(O)O)[C@@H](O)C(=O)NCCC(=O)NCCSC(=O)C#P=O. The molecule has 7 atom stereocenters. The van der Waals surface area contributed by atoms with Crippen LogP contribution in [-0.4, -0.2) is 123 Å². The van der Waals surface area contributed by atoms with Crippen LogP contribution in [0.3, 0.4) is 0 Å². The van der Waals surface area contributed by atoms with Crippen molar-refractivity contribution in [3.63, 3.8) is 0 Å². The third kappa shape index (κ3) is 13.7. The van der Waals surface area contributed by atoms with Gasteiger partial charge in [0.1, 0.15) is 30.2 Å². The van der Waals surface area contributed by atoms with Gasteiger partial charge in [-0.2, -0.15) is 4.31 Å². The van der Waals surface area contributed by atoms with E-state index in [4.69, 9.17) is 19.5 Å². The zero-order chi connectivity index (χ0) is 39.8. The van der Waals surface area contributed by atoms with E-state index < -0.39 is 97.6 Å². The predicted molar refractivity (Wildman–Crippen MR) is 179 cm³/mol. The number of nitrogens with one attached hydrogen (secondary N) is 2. The molecule has 296 valence electrons. The molecule has 1 saturated heterocycles. The number of aliphatic hydroxyl groups is 2. The van der Waals surface area contributed by atoms with E-state index in [1.165, 1.54) is 13.8 Å². The van der Waals surface area contributed by atoms with Crippen molar-refractivity contribution >= 4 is 77.1 Å². The number of nitrogens with zero attached hydrogens (tertiary/aromatic N) is 4. The van der Waals surface area contributed by atoms with E-state index in [9.17, 15) is 62.4 Å². The van der Waals surface area contributed by atoms with Crippen LogP contribution in [0.2, 0.25) is 0 Å². The number of imidazole rings is 1. The summed E-state index contributed by atoms with van der Waals surface area (Å²) in [5.41, 5.74) is 6.22. The molecule has 0 aromatic carbocycles. The van der Waals surface area contributed by atoms with Crippen LogP contribution in [0, 0.1) is 11.0 Å². The zero-order valence-electron chi connectivity index (χ0n) is 27.4. The van der Waals surface area contributed by atoms with Gasteiger partial charge in [-0.15, -0.1) is 0 Å². The van der Waals surface area contributed by atoms with E-state index in [2.05, 4.69) is 34.4 Å². The monoisotopic (exact) mass is 853 g/mol. The molecular formula is C23H35N7O18P4S. The Bertz CT molecular complexity index is 1910. The quantitative estimate of drug-likeness (QED) is 0.0599. The first-order valence-corrected chi connectivity index (χ1v) is 21.0. The number of amides is 2. The Hall–Kier alpha value is -2.43. The van der Waals surface area contributed by atoms with Crippen molar-refractivity contribution in [2.75, 3.05) is 37.8 Å². The maximum absolute atomic E-state index is 12.6. The summed E-state index contributed by atoms with van der Waals surface area (Å²) in [5.74, 6) is -1.39. The number of fused-ring (bicyclic) bond motifs is 1. The van der Waals surface area contributed by atoms with Gasteiger partial charge in [-0.1, -0.05) is 13.8 Å². The van der Waals surface area contributed by atoms with Crippen molar-refractivity contribution in [2.45, 2.75) is 50.9 Å². The second kappa shape index (κ2) is 18.9. The number of phosphoric acid groups is 3. The molecule has 10 N–H and O–H groups in total. The molecule has 2 aromatic heterocycles. The van der Waals surface area contributed by atoms with Gasteiger partial charge in [0, 0.05) is 5.41 Å². The summed E-state index contributed by atoms with van der Waals surface area (Å²) >= 11 is 0.777. The van der Waals surface area contributed by atoms with Gasteiger partial charge in [-0.25, -0.2) is 28.6 Å². The van der Waals surface area contributed by atoms with Gasteiger partial charge in [0.15, 0.2) is 17.7 Å².